The van der Waals surface area contributed by atoms with Gasteiger partial charge in [-0.3, -0.25) is 0 Å². The fraction of sp³-hybridized carbons (Fsp3) is 0. The standard InChI is InChI=1S/CO.Fe.2S/c1-2;;;. The molecule has 0 aliphatic rings. The van der Waals surface area contributed by atoms with E-state index < -0.39 is 10.2 Å². The van der Waals surface area contributed by atoms with Crippen molar-refractivity contribution in [3.63, 3.8) is 0 Å². The molecule has 0 saturated heterocycles. The van der Waals surface area contributed by atoms with Gasteiger partial charge in [0, 0.05) is 0 Å². The normalized spacial score (nSPS) is 7.40. The summed E-state index contributed by atoms with van der Waals surface area (Å²) in [6.07, 6.45) is 0. The quantitative estimate of drug-likeness (QED) is 0.475. The number of carbonyl (C=O) groups excluding carboxylic acids is 1. The van der Waals surface area contributed by atoms with Crippen LogP contribution in [0.3, 0.4) is 0 Å². The fourth-order valence-corrected chi connectivity index (χ4v) is 0. The van der Waals surface area contributed by atoms with Gasteiger partial charge in [-0.15, -0.1) is 0 Å². The zero-order valence-corrected chi connectivity index (χ0v) is 4.82. The SMILES string of the molecule is O=[C]=[Fe](=[S])=[S]. The van der Waals surface area contributed by atoms with Crippen molar-refractivity contribution < 1.29 is 15.0 Å². The first-order chi connectivity index (χ1) is 2.27. The van der Waals surface area contributed by atoms with Gasteiger partial charge in [0.1, 0.15) is 0 Å². The summed E-state index contributed by atoms with van der Waals surface area (Å²) in [7, 11) is 7.13. The van der Waals surface area contributed by atoms with Crippen LogP contribution in [0.2, 0.25) is 0 Å². The summed E-state index contributed by atoms with van der Waals surface area (Å²) in [5, 5.41) is 0. The predicted octanol–water partition coefficient (Wildman–Crippen LogP) is 0.897. The minimum atomic E-state index is -1.37. The molecule has 0 amide bonds. The van der Waals surface area contributed by atoms with E-state index in [1.807, 2.05) is 0 Å². The van der Waals surface area contributed by atoms with E-state index in [9.17, 15) is 4.79 Å². The Morgan fingerprint density at radius 3 is 1.80 bits per heavy atom. The fourth-order valence-electron chi connectivity index (χ4n) is 0. The average molecular weight is 148 g/mol. The van der Waals surface area contributed by atoms with Gasteiger partial charge in [0.05, 0.1) is 0 Å². The molecule has 0 atom stereocenters. The average Bonchev–Trinajstić information content (AvgIpc) is 1.38. The molecule has 0 heterocycles. The Bertz CT molecular complexity index is 140. The molecule has 0 aliphatic carbocycles. The Balaban J connectivity index is 5.08. The molecule has 4 heteroatoms. The van der Waals surface area contributed by atoms with Crippen LogP contribution < -0.4 is 0 Å². The van der Waals surface area contributed by atoms with Crippen molar-refractivity contribution in [1.29, 1.82) is 0 Å². The van der Waals surface area contributed by atoms with Crippen molar-refractivity contribution in [3.05, 3.63) is 0 Å². The van der Waals surface area contributed by atoms with Crippen molar-refractivity contribution >= 4 is 25.9 Å². The molecular weight excluding hydrogens is 148 g/mol. The summed E-state index contributed by atoms with van der Waals surface area (Å²) in [5.74, 6) is 0. The molecule has 0 aromatic carbocycles. The van der Waals surface area contributed by atoms with Gasteiger partial charge in [0.25, 0.3) is 0 Å². The van der Waals surface area contributed by atoms with Crippen LogP contribution in [0.4, 0.5) is 0 Å². The minimum absolute atomic E-state index is 1.37. The molecule has 0 spiro atoms. The summed E-state index contributed by atoms with van der Waals surface area (Å²) in [5.41, 5.74) is 0. The Kier molecular flexibility index (Phi) is 3.06. The van der Waals surface area contributed by atoms with Crippen LogP contribution >= 0.6 is 21.1 Å². The van der Waals surface area contributed by atoms with Crippen LogP contribution in [0.25, 0.3) is 0 Å². The maximum atomic E-state index is 9.21. The molecule has 0 aromatic heterocycles. The van der Waals surface area contributed by atoms with Gasteiger partial charge in [-0.05, 0) is 0 Å². The molecule has 0 N–H and O–H groups in total. The van der Waals surface area contributed by atoms with Gasteiger partial charge in [0.15, 0.2) is 0 Å². The summed E-state index contributed by atoms with van der Waals surface area (Å²) >= 11 is 0. The second kappa shape index (κ2) is 2.76. The van der Waals surface area contributed by atoms with E-state index in [1.54, 1.807) is 0 Å². The molecule has 0 saturated carbocycles. The second-order valence-corrected chi connectivity index (χ2v) is 4.27. The van der Waals surface area contributed by atoms with E-state index in [2.05, 4.69) is 21.1 Å². The van der Waals surface area contributed by atoms with Gasteiger partial charge < -0.3 is 0 Å². The number of hydrogen-bond donors (Lipinski definition) is 0. The van der Waals surface area contributed by atoms with Crippen molar-refractivity contribution in [1.82, 2.24) is 0 Å². The summed E-state index contributed by atoms with van der Waals surface area (Å²) in [6.45, 7) is 0. The number of rotatable bonds is 0. The molecule has 0 radical (unpaired) electrons. The summed E-state index contributed by atoms with van der Waals surface area (Å²) in [6, 6.07) is 0. The second-order valence-electron chi connectivity index (χ2n) is 0.275. The van der Waals surface area contributed by atoms with Crippen molar-refractivity contribution in [2.45, 2.75) is 0 Å². The molecule has 30 valence electrons. The zero-order valence-electron chi connectivity index (χ0n) is 2.08. The van der Waals surface area contributed by atoms with Crippen LogP contribution in [0.5, 0.6) is 0 Å². The Labute approximate surface area is 41.1 Å². The van der Waals surface area contributed by atoms with Gasteiger partial charge in [0.2, 0.25) is 0 Å². The van der Waals surface area contributed by atoms with Gasteiger partial charge in [-0.1, -0.05) is 0 Å². The van der Waals surface area contributed by atoms with E-state index in [-0.39, 0.29) is 0 Å². The molecule has 0 fully saturated rings. The van der Waals surface area contributed by atoms with E-state index in [1.165, 1.54) is 4.79 Å². The van der Waals surface area contributed by atoms with Crippen LogP contribution in [0, 0.1) is 0 Å². The van der Waals surface area contributed by atoms with E-state index in [4.69, 9.17) is 0 Å². The van der Waals surface area contributed by atoms with E-state index in [0.29, 0.717) is 0 Å². The zero-order chi connectivity index (χ0) is 4.28. The van der Waals surface area contributed by atoms with E-state index >= 15 is 0 Å². The first kappa shape index (κ1) is 5.54. The van der Waals surface area contributed by atoms with Crippen LogP contribution in [0.15, 0.2) is 0 Å². The molecular formula is CFeOS2. The molecule has 0 aromatic rings. The van der Waals surface area contributed by atoms with Crippen molar-refractivity contribution in [2.24, 2.45) is 0 Å². The molecule has 0 bridgehead atoms. The van der Waals surface area contributed by atoms with E-state index in [0.717, 1.165) is 0 Å². The van der Waals surface area contributed by atoms with Gasteiger partial charge in [-0.2, -0.15) is 0 Å². The molecule has 0 aliphatic heterocycles. The molecule has 5 heavy (non-hydrogen) atoms. The first-order valence-corrected chi connectivity index (χ1v) is 4.50. The number of hydrogen-bond acceptors (Lipinski definition) is 3. The summed E-state index contributed by atoms with van der Waals surface area (Å²) in [4.78, 5) is 10.7. The van der Waals surface area contributed by atoms with Crippen molar-refractivity contribution in [2.75, 3.05) is 0 Å². The van der Waals surface area contributed by atoms with Gasteiger partial charge in [-0.25, -0.2) is 0 Å². The van der Waals surface area contributed by atoms with Crippen LogP contribution in [-0.2, 0) is 15.0 Å². The predicted molar refractivity (Wildman–Crippen MR) is 20.9 cm³/mol. The maximum absolute atomic E-state index is 9.21. The van der Waals surface area contributed by atoms with Gasteiger partial charge >= 0.3 is 40.9 Å². The third-order valence-electron chi connectivity index (χ3n) is 0.0589. The topological polar surface area (TPSA) is 17.1 Å². The Morgan fingerprint density at radius 1 is 1.60 bits per heavy atom. The molecule has 0 rings (SSSR count). The third kappa shape index (κ3) is 4.54. The molecule has 1 nitrogen and oxygen atoms in total. The van der Waals surface area contributed by atoms with Crippen LogP contribution in [0.1, 0.15) is 0 Å². The Hall–Kier alpha value is 0.539. The third-order valence-corrected chi connectivity index (χ3v) is 0.729. The van der Waals surface area contributed by atoms with Crippen molar-refractivity contribution in [3.8, 4) is 0 Å². The Morgan fingerprint density at radius 2 is 1.80 bits per heavy atom. The van der Waals surface area contributed by atoms with Crippen LogP contribution in [-0.4, -0.2) is 4.79 Å². The first-order valence-electron chi connectivity index (χ1n) is 0.670. The molecule has 0 unspecified atom stereocenters. The monoisotopic (exact) mass is 148 g/mol. The summed E-state index contributed by atoms with van der Waals surface area (Å²) < 4.78 is 0.